The first-order chi connectivity index (χ1) is 2.89. The van der Waals surface area contributed by atoms with E-state index in [-0.39, 0.29) is 0 Å². The third-order valence-corrected chi connectivity index (χ3v) is 13.9. The second-order valence-electron chi connectivity index (χ2n) is 1.44. The molecule has 0 aliphatic carbocycles. The SMILES string of the molecule is CC1CCI=I1. The van der Waals surface area contributed by atoms with Crippen LogP contribution in [0, 0.1) is 0 Å². The first-order valence-corrected chi connectivity index (χ1v) is 11.2. The van der Waals surface area contributed by atoms with Crippen LogP contribution in [0.4, 0.5) is 0 Å². The van der Waals surface area contributed by atoms with Crippen LogP contribution in [-0.4, -0.2) is 8.35 Å². The topological polar surface area (TPSA) is 0 Å². The highest BCUT2D eigenvalue weighted by Crippen LogP contribution is 2.33. The van der Waals surface area contributed by atoms with E-state index in [0.29, 0.717) is 0 Å². The fourth-order valence-corrected chi connectivity index (χ4v) is 12.6. The first-order valence-electron chi connectivity index (χ1n) is 2.11. The molecule has 0 amide bonds. The van der Waals surface area contributed by atoms with Crippen molar-refractivity contribution in [1.82, 2.24) is 0 Å². The number of hydrogen-bond acceptors (Lipinski definition) is 0. The molecule has 1 aliphatic rings. The van der Waals surface area contributed by atoms with Gasteiger partial charge in [0.15, 0.2) is 0 Å². The van der Waals surface area contributed by atoms with Crippen LogP contribution in [0.15, 0.2) is 0 Å². The molecule has 38 valence electrons. The monoisotopic (exact) mass is 310 g/mol. The van der Waals surface area contributed by atoms with Crippen molar-refractivity contribution < 1.29 is 0 Å². The fourth-order valence-electron chi connectivity index (χ4n) is 0.374. The average Bonchev–Trinajstić information content (AvgIpc) is 1.86. The standard InChI is InChI=1S/C4H8I2/c1-4-2-3-5-6-4/h4H,2-3H2,1H3. The molecular weight excluding hydrogens is 302 g/mol. The number of rotatable bonds is 0. The lowest BCUT2D eigenvalue weighted by molar-refractivity contribution is 0.964. The second kappa shape index (κ2) is 2.69. The summed E-state index contributed by atoms with van der Waals surface area (Å²) in [5, 5.41) is 0. The molecule has 0 saturated heterocycles. The van der Waals surface area contributed by atoms with Gasteiger partial charge in [0.25, 0.3) is 0 Å². The molecule has 1 unspecified atom stereocenters. The number of halogens is 2. The molecule has 1 heterocycles. The van der Waals surface area contributed by atoms with Crippen molar-refractivity contribution in [1.29, 1.82) is 0 Å². The van der Waals surface area contributed by atoms with Gasteiger partial charge < -0.3 is 0 Å². The molecule has 0 spiro atoms. The maximum Gasteiger partial charge on any atom is 0.00885 e. The molecule has 1 atom stereocenters. The van der Waals surface area contributed by atoms with Gasteiger partial charge in [-0.05, 0) is 6.42 Å². The van der Waals surface area contributed by atoms with Crippen molar-refractivity contribution in [3.8, 4) is 0 Å². The van der Waals surface area contributed by atoms with E-state index in [0.717, 1.165) is 33.2 Å². The summed E-state index contributed by atoms with van der Waals surface area (Å²) < 4.78 is 2.85. The van der Waals surface area contributed by atoms with Crippen molar-refractivity contribution in [3.05, 3.63) is 0 Å². The molecule has 6 heavy (non-hydrogen) atoms. The largest absolute Gasteiger partial charge is 0.0861 e. The van der Waals surface area contributed by atoms with Crippen LogP contribution in [0.1, 0.15) is 13.3 Å². The van der Waals surface area contributed by atoms with Gasteiger partial charge in [0.1, 0.15) is 0 Å². The maximum absolute atomic E-state index is 2.42. The van der Waals surface area contributed by atoms with Crippen molar-refractivity contribution in [3.63, 3.8) is 0 Å². The quantitative estimate of drug-likeness (QED) is 0.477. The van der Waals surface area contributed by atoms with Gasteiger partial charge in [0.05, 0.1) is 0 Å². The molecule has 0 N–H and O–H groups in total. The van der Waals surface area contributed by atoms with Gasteiger partial charge in [-0.3, -0.25) is 0 Å². The van der Waals surface area contributed by atoms with Crippen molar-refractivity contribution in [2.75, 3.05) is 4.43 Å². The van der Waals surface area contributed by atoms with E-state index in [1.54, 1.807) is 10.8 Å². The van der Waals surface area contributed by atoms with Crippen LogP contribution in [0.5, 0.6) is 0 Å². The minimum atomic E-state index is 0.789. The molecule has 0 bridgehead atoms. The van der Waals surface area contributed by atoms with Gasteiger partial charge in [-0.25, -0.2) is 0 Å². The Morgan fingerprint density at radius 1 is 1.67 bits per heavy atom. The highest BCUT2D eigenvalue weighted by Gasteiger charge is 2.00. The van der Waals surface area contributed by atoms with E-state index in [4.69, 9.17) is 0 Å². The van der Waals surface area contributed by atoms with Crippen LogP contribution in [0.2, 0.25) is 0 Å². The number of alkyl halides is 2. The van der Waals surface area contributed by atoms with Gasteiger partial charge in [-0.2, -0.15) is 0 Å². The average molecular weight is 310 g/mol. The Labute approximate surface area is 54.4 Å². The molecule has 0 aromatic rings. The predicted molar refractivity (Wildman–Crippen MR) is 47.0 cm³/mol. The summed E-state index contributed by atoms with van der Waals surface area (Å²) in [4.78, 5) is 0. The van der Waals surface area contributed by atoms with Gasteiger partial charge in [0, 0.05) is 8.35 Å². The highest BCUT2D eigenvalue weighted by atomic mass is 128. The Kier molecular flexibility index (Phi) is 2.51. The van der Waals surface area contributed by atoms with Crippen molar-refractivity contribution >= 4 is 33.2 Å². The highest BCUT2D eigenvalue weighted by molar-refractivity contribution is 14.8. The molecule has 0 radical (unpaired) electrons. The van der Waals surface area contributed by atoms with Gasteiger partial charge in [-0.15, -0.1) is 0 Å². The predicted octanol–water partition coefficient (Wildman–Crippen LogP) is 2.64. The summed E-state index contributed by atoms with van der Waals surface area (Å²) in [7, 11) is 0. The molecule has 0 aromatic carbocycles. The Bertz CT molecular complexity index is 67.9. The molecule has 0 aromatic heterocycles. The summed E-state index contributed by atoms with van der Waals surface area (Å²) in [6, 6.07) is 0. The van der Waals surface area contributed by atoms with Crippen LogP contribution < -0.4 is 0 Å². The Morgan fingerprint density at radius 3 is 2.67 bits per heavy atom. The molecule has 2 heteroatoms. The van der Waals surface area contributed by atoms with Crippen LogP contribution in [0.3, 0.4) is 0 Å². The van der Waals surface area contributed by atoms with E-state index in [9.17, 15) is 0 Å². The minimum Gasteiger partial charge on any atom is -0.0861 e. The maximum atomic E-state index is 2.42. The fraction of sp³-hybridized carbons (Fsp3) is 1.00. The van der Waals surface area contributed by atoms with Crippen LogP contribution in [-0.2, 0) is 0 Å². The Hall–Kier alpha value is 1.46. The smallest absolute Gasteiger partial charge is 0.00885 e. The first kappa shape index (κ1) is 5.59. The second-order valence-corrected chi connectivity index (χ2v) is 12.7. The lowest BCUT2D eigenvalue weighted by Crippen LogP contribution is -1.83. The third kappa shape index (κ3) is 1.52. The Morgan fingerprint density at radius 2 is 2.50 bits per heavy atom. The summed E-state index contributed by atoms with van der Waals surface area (Å²) in [6.45, 7) is 2.42. The van der Waals surface area contributed by atoms with Gasteiger partial charge >= 0.3 is 0 Å². The molecular formula is C4H8I2. The summed E-state index contributed by atoms with van der Waals surface area (Å²) in [5.41, 5.74) is 0. The molecule has 1 aliphatic heterocycles. The lowest BCUT2D eigenvalue weighted by atomic mass is 10.4. The van der Waals surface area contributed by atoms with Gasteiger partial charge in [0.2, 0.25) is 0 Å². The number of hydrogen-bond donors (Lipinski definition) is 0. The summed E-state index contributed by atoms with van der Waals surface area (Å²) in [5.74, 6) is 0. The van der Waals surface area contributed by atoms with Crippen LogP contribution >= 0.6 is 33.2 Å². The Balaban J connectivity index is 2.38. The van der Waals surface area contributed by atoms with Gasteiger partial charge in [-0.1, -0.05) is 40.1 Å². The molecule has 0 saturated carbocycles. The van der Waals surface area contributed by atoms with E-state index < -0.39 is 0 Å². The zero-order valence-corrected chi connectivity index (χ0v) is 8.06. The van der Waals surface area contributed by atoms with E-state index in [2.05, 4.69) is 6.92 Å². The molecule has 1 rings (SSSR count). The van der Waals surface area contributed by atoms with Crippen LogP contribution in [0.25, 0.3) is 0 Å². The summed E-state index contributed by atoms with van der Waals surface area (Å²) in [6.07, 6.45) is 1.58. The summed E-state index contributed by atoms with van der Waals surface area (Å²) >= 11 is 1.60. The minimum absolute atomic E-state index is 0.789. The molecule has 0 fully saturated rings. The molecule has 0 nitrogen and oxygen atoms in total. The van der Waals surface area contributed by atoms with E-state index in [1.807, 2.05) is 0 Å². The lowest BCUT2D eigenvalue weighted by Gasteiger charge is -1.87. The third-order valence-electron chi connectivity index (χ3n) is 0.777. The van der Waals surface area contributed by atoms with Crippen molar-refractivity contribution in [2.24, 2.45) is 0 Å². The van der Waals surface area contributed by atoms with E-state index >= 15 is 0 Å². The zero-order chi connectivity index (χ0) is 4.41. The van der Waals surface area contributed by atoms with Crippen molar-refractivity contribution in [2.45, 2.75) is 17.3 Å². The zero-order valence-electron chi connectivity index (χ0n) is 3.75. The normalized spacial score (nSPS) is 34.5. The van der Waals surface area contributed by atoms with E-state index in [1.165, 1.54) is 3.92 Å².